The molecule has 5 heteroatoms. The van der Waals surface area contributed by atoms with E-state index in [-0.39, 0.29) is 5.41 Å². The van der Waals surface area contributed by atoms with E-state index >= 15 is 0 Å². The number of nitrogens with zero attached hydrogens (tertiary/aromatic N) is 1. The summed E-state index contributed by atoms with van der Waals surface area (Å²) in [6.45, 7) is 8.26. The second kappa shape index (κ2) is 6.49. The van der Waals surface area contributed by atoms with E-state index in [0.717, 1.165) is 38.8 Å². The Labute approximate surface area is 183 Å². The molecule has 0 amide bonds. The first-order valence-electron chi connectivity index (χ1n) is 10.1. The molecule has 0 aliphatic rings. The van der Waals surface area contributed by atoms with E-state index in [9.17, 15) is 0 Å². The third kappa shape index (κ3) is 2.91. The molecule has 0 aliphatic heterocycles. The fraction of sp³-hybridized carbons (Fsp3) is 0.240. The monoisotopic (exact) mass is 405 g/mol. The van der Waals surface area contributed by atoms with Gasteiger partial charge in [-0.05, 0) is 54.1 Å². The first-order chi connectivity index (χ1) is 14.1. The maximum Gasteiger partial charge on any atom is 0.144 e. The molecule has 0 saturated heterocycles. The Morgan fingerprint density at radius 2 is 1.77 bits per heavy atom. The molecule has 0 atom stereocenters. The normalized spacial score (nSPS) is 12.9. The van der Waals surface area contributed by atoms with Gasteiger partial charge < -0.3 is 4.42 Å². The highest BCUT2D eigenvalue weighted by atomic mass is 32.1. The third-order valence-electron chi connectivity index (χ3n) is 6.01. The van der Waals surface area contributed by atoms with E-state index in [1.54, 1.807) is 17.5 Å². The molecule has 4 radical (unpaired) electrons. The quantitative estimate of drug-likeness (QED) is 0.305. The highest BCUT2D eigenvalue weighted by Crippen LogP contribution is 2.40. The SMILES string of the molecule is [B]C([B])(c1ccnc(-c2cccc3c2oc2cc4cc(C)sc4cc23)c1)C(C)(C)C. The fourth-order valence-corrected chi connectivity index (χ4v) is 4.88. The van der Waals surface area contributed by atoms with E-state index in [0.29, 0.717) is 0 Å². The van der Waals surface area contributed by atoms with Crippen LogP contribution in [0.5, 0.6) is 0 Å². The van der Waals surface area contributed by atoms with Crippen LogP contribution in [0.25, 0.3) is 43.3 Å². The van der Waals surface area contributed by atoms with Gasteiger partial charge in [0.05, 0.1) is 21.4 Å². The molecule has 3 heterocycles. The van der Waals surface area contributed by atoms with Crippen molar-refractivity contribution >= 4 is 59.1 Å². The zero-order valence-corrected chi connectivity index (χ0v) is 18.4. The van der Waals surface area contributed by atoms with Crippen LogP contribution < -0.4 is 0 Å². The van der Waals surface area contributed by atoms with Crippen LogP contribution in [-0.2, 0) is 5.21 Å². The maximum absolute atomic E-state index is 6.52. The van der Waals surface area contributed by atoms with Crippen LogP contribution in [0.3, 0.4) is 0 Å². The van der Waals surface area contributed by atoms with Gasteiger partial charge in [-0.25, -0.2) is 0 Å². The lowest BCUT2D eigenvalue weighted by Gasteiger charge is -2.40. The Morgan fingerprint density at radius 1 is 0.967 bits per heavy atom. The van der Waals surface area contributed by atoms with Gasteiger partial charge in [0, 0.05) is 32.1 Å². The van der Waals surface area contributed by atoms with Gasteiger partial charge in [0.15, 0.2) is 0 Å². The summed E-state index contributed by atoms with van der Waals surface area (Å²) in [4.78, 5) is 5.91. The Morgan fingerprint density at radius 3 is 2.53 bits per heavy atom. The minimum absolute atomic E-state index is 0.305. The second-order valence-electron chi connectivity index (χ2n) is 9.08. The lowest BCUT2D eigenvalue weighted by molar-refractivity contribution is 0.358. The first kappa shape index (κ1) is 19.4. The Kier molecular flexibility index (Phi) is 4.20. The average molecular weight is 405 g/mol. The number of furan rings is 1. The molecular weight excluding hydrogens is 384 g/mol. The Balaban J connectivity index is 1.73. The smallest absolute Gasteiger partial charge is 0.144 e. The van der Waals surface area contributed by atoms with E-state index in [2.05, 4.69) is 36.2 Å². The molecule has 3 aromatic heterocycles. The van der Waals surface area contributed by atoms with Crippen molar-refractivity contribution in [1.29, 1.82) is 0 Å². The Bertz CT molecular complexity index is 1420. The number of aromatic nitrogens is 1. The van der Waals surface area contributed by atoms with Crippen molar-refractivity contribution in [2.75, 3.05) is 0 Å². The van der Waals surface area contributed by atoms with E-state index in [4.69, 9.17) is 20.1 Å². The van der Waals surface area contributed by atoms with Crippen LogP contribution in [-0.4, -0.2) is 20.7 Å². The maximum atomic E-state index is 6.52. The topological polar surface area (TPSA) is 26.0 Å². The molecule has 0 N–H and O–H groups in total. The summed E-state index contributed by atoms with van der Waals surface area (Å²) in [5.41, 5.74) is 4.02. The van der Waals surface area contributed by atoms with Gasteiger partial charge in [-0.2, -0.15) is 0 Å². The van der Waals surface area contributed by atoms with Crippen molar-refractivity contribution in [3.63, 3.8) is 0 Å². The van der Waals surface area contributed by atoms with Crippen molar-refractivity contribution < 1.29 is 4.42 Å². The molecule has 2 nitrogen and oxygen atoms in total. The number of hydrogen-bond acceptors (Lipinski definition) is 3. The zero-order valence-electron chi connectivity index (χ0n) is 17.6. The van der Waals surface area contributed by atoms with Crippen molar-refractivity contribution in [3.05, 3.63) is 65.2 Å². The Hall–Kier alpha value is -2.52. The number of hydrogen-bond donors (Lipinski definition) is 0. The first-order valence-corrected chi connectivity index (χ1v) is 10.9. The highest BCUT2D eigenvalue weighted by molar-refractivity contribution is 7.19. The van der Waals surface area contributed by atoms with Crippen molar-refractivity contribution in [2.24, 2.45) is 5.41 Å². The van der Waals surface area contributed by atoms with Gasteiger partial charge in [0.1, 0.15) is 11.2 Å². The molecule has 0 fully saturated rings. The van der Waals surface area contributed by atoms with E-state index in [1.807, 2.05) is 45.0 Å². The number of pyridine rings is 1. The predicted octanol–water partition coefficient (Wildman–Crippen LogP) is 6.71. The molecule has 0 unspecified atom stereocenters. The molecular formula is C25H21B2NOS. The predicted molar refractivity (Wildman–Crippen MR) is 130 cm³/mol. The number of benzene rings is 2. The fourth-order valence-electron chi connectivity index (χ4n) is 3.93. The molecule has 5 aromatic rings. The zero-order chi connectivity index (χ0) is 21.3. The molecule has 0 spiro atoms. The van der Waals surface area contributed by atoms with Crippen molar-refractivity contribution in [3.8, 4) is 11.3 Å². The minimum Gasteiger partial charge on any atom is -0.455 e. The largest absolute Gasteiger partial charge is 0.455 e. The van der Waals surface area contributed by atoms with Crippen LogP contribution in [0.15, 0.2) is 59.1 Å². The van der Waals surface area contributed by atoms with Crippen LogP contribution in [0.2, 0.25) is 0 Å². The van der Waals surface area contributed by atoms with Crippen LogP contribution in [0.4, 0.5) is 0 Å². The van der Waals surface area contributed by atoms with Crippen LogP contribution >= 0.6 is 11.3 Å². The summed E-state index contributed by atoms with van der Waals surface area (Å²) in [6, 6.07) is 16.6. The van der Waals surface area contributed by atoms with Crippen molar-refractivity contribution in [1.82, 2.24) is 4.98 Å². The summed E-state index contributed by atoms with van der Waals surface area (Å²) < 4.78 is 7.62. The highest BCUT2D eigenvalue weighted by Gasteiger charge is 2.33. The van der Waals surface area contributed by atoms with Gasteiger partial charge in [-0.1, -0.05) is 43.7 Å². The van der Waals surface area contributed by atoms with E-state index < -0.39 is 5.21 Å². The summed E-state index contributed by atoms with van der Waals surface area (Å²) in [5.74, 6) is 0. The molecule has 0 saturated carbocycles. The van der Waals surface area contributed by atoms with Gasteiger partial charge >= 0.3 is 0 Å². The standard InChI is InChI=1S/C25H21B2NOS/c1-14-10-15-11-21-19(13-22(15)30-14)17-6-5-7-18(23(17)29-21)20-12-16(8-9-28-20)25(26,27)24(2,3)4/h5-13H,1-4H3. The molecule has 5 rings (SSSR count). The number of aryl methyl sites for hydroxylation is 1. The minimum atomic E-state index is -0.977. The summed E-state index contributed by atoms with van der Waals surface area (Å²) >= 11 is 1.80. The molecule has 2 aromatic carbocycles. The van der Waals surface area contributed by atoms with Gasteiger partial charge in [-0.15, -0.1) is 11.3 Å². The third-order valence-corrected chi connectivity index (χ3v) is 7.03. The van der Waals surface area contributed by atoms with Crippen LogP contribution in [0.1, 0.15) is 31.2 Å². The number of fused-ring (bicyclic) bond motifs is 4. The average Bonchev–Trinajstić information content (AvgIpc) is 3.23. The summed E-state index contributed by atoms with van der Waals surface area (Å²) in [5, 5.41) is 2.45. The molecule has 144 valence electrons. The lowest BCUT2D eigenvalue weighted by Crippen LogP contribution is -2.41. The number of thiophene rings is 1. The second-order valence-corrected chi connectivity index (χ2v) is 10.4. The molecule has 30 heavy (non-hydrogen) atoms. The summed E-state index contributed by atoms with van der Waals surface area (Å²) in [6.07, 6.45) is 1.77. The van der Waals surface area contributed by atoms with Crippen LogP contribution in [0, 0.1) is 12.3 Å². The molecule has 0 aliphatic carbocycles. The van der Waals surface area contributed by atoms with E-state index in [1.165, 1.54) is 15.0 Å². The van der Waals surface area contributed by atoms with Crippen molar-refractivity contribution in [2.45, 2.75) is 32.9 Å². The molecule has 0 bridgehead atoms. The van der Waals surface area contributed by atoms with Gasteiger partial charge in [0.25, 0.3) is 0 Å². The van der Waals surface area contributed by atoms with Gasteiger partial charge in [0.2, 0.25) is 0 Å². The number of rotatable bonds is 2. The number of para-hydroxylation sites is 1. The lowest BCUT2D eigenvalue weighted by atomic mass is 9.41. The summed E-state index contributed by atoms with van der Waals surface area (Å²) in [7, 11) is 13.0. The van der Waals surface area contributed by atoms with Gasteiger partial charge in [-0.3, -0.25) is 4.98 Å².